The van der Waals surface area contributed by atoms with Crippen LogP contribution in [0.2, 0.25) is 0 Å². The van der Waals surface area contributed by atoms with Gasteiger partial charge in [0.1, 0.15) is 18.1 Å². The Morgan fingerprint density at radius 1 is 0.833 bits per heavy atom. The zero-order valence-corrected chi connectivity index (χ0v) is 20.2. The maximum absolute atomic E-state index is 13.0. The summed E-state index contributed by atoms with van der Waals surface area (Å²) >= 11 is 0. The van der Waals surface area contributed by atoms with Crippen molar-refractivity contribution in [1.29, 1.82) is 0 Å². The smallest absolute Gasteiger partial charge is 0.275 e. The first-order chi connectivity index (χ1) is 17.6. The molecule has 0 atom stereocenters. The number of hydrogen-bond donors (Lipinski definition) is 1. The minimum atomic E-state index is -0.351. The Labute approximate surface area is 210 Å². The van der Waals surface area contributed by atoms with Crippen LogP contribution in [0.5, 0.6) is 11.5 Å². The third kappa shape index (κ3) is 4.91. The fraction of sp³-hybridized carbons (Fsp3) is 0.0968. The first-order valence-electron chi connectivity index (χ1n) is 11.7. The first kappa shape index (κ1) is 23.1. The van der Waals surface area contributed by atoms with E-state index in [-0.39, 0.29) is 5.91 Å². The number of nitrogens with zero attached hydrogens (tertiary/aromatic N) is 1. The molecule has 0 bridgehead atoms. The van der Waals surface area contributed by atoms with E-state index >= 15 is 0 Å². The molecule has 0 saturated heterocycles. The minimum Gasteiger partial charge on any atom is -0.496 e. The lowest BCUT2D eigenvalue weighted by Gasteiger charge is -2.12. The second kappa shape index (κ2) is 10.3. The number of hydrazone groups is 1. The maximum Gasteiger partial charge on any atom is 0.275 e. The van der Waals surface area contributed by atoms with Crippen molar-refractivity contribution >= 4 is 33.7 Å². The van der Waals surface area contributed by atoms with Gasteiger partial charge in [-0.25, -0.2) is 5.43 Å². The summed E-state index contributed by atoms with van der Waals surface area (Å²) in [7, 11) is 1.55. The largest absolute Gasteiger partial charge is 0.496 e. The standard InChI is InChI=1S/C31H26N2O3/c1-21-11-13-22(14-12-21)20-36-29-16-15-23-7-5-6-10-26(23)28(29)19-32-33-31(34)27-17-24-8-3-4-9-25(24)18-30(27)35-2/h3-19H,20H2,1-2H3,(H,33,34)/b32-19-. The van der Waals surface area contributed by atoms with Gasteiger partial charge in [0, 0.05) is 5.56 Å². The van der Waals surface area contributed by atoms with Gasteiger partial charge in [0.2, 0.25) is 0 Å². The molecule has 5 heteroatoms. The van der Waals surface area contributed by atoms with E-state index in [1.165, 1.54) is 5.56 Å². The van der Waals surface area contributed by atoms with Crippen LogP contribution in [0.25, 0.3) is 21.5 Å². The average molecular weight is 475 g/mol. The second-order valence-electron chi connectivity index (χ2n) is 8.57. The van der Waals surface area contributed by atoms with E-state index in [1.54, 1.807) is 13.3 Å². The molecule has 0 fully saturated rings. The number of amides is 1. The number of ether oxygens (including phenoxy) is 2. The molecule has 5 nitrogen and oxygen atoms in total. The molecule has 0 heterocycles. The Hall–Kier alpha value is -4.64. The van der Waals surface area contributed by atoms with Gasteiger partial charge in [-0.05, 0) is 52.2 Å². The highest BCUT2D eigenvalue weighted by Gasteiger charge is 2.14. The van der Waals surface area contributed by atoms with Gasteiger partial charge in [-0.15, -0.1) is 0 Å². The quantitative estimate of drug-likeness (QED) is 0.212. The summed E-state index contributed by atoms with van der Waals surface area (Å²) in [5, 5.41) is 8.29. The summed E-state index contributed by atoms with van der Waals surface area (Å²) in [5.41, 5.74) is 6.15. The van der Waals surface area contributed by atoms with E-state index in [4.69, 9.17) is 9.47 Å². The molecule has 0 radical (unpaired) electrons. The van der Waals surface area contributed by atoms with Gasteiger partial charge >= 0.3 is 0 Å². The van der Waals surface area contributed by atoms with E-state index in [1.807, 2.05) is 72.8 Å². The van der Waals surface area contributed by atoms with E-state index in [0.29, 0.717) is 23.7 Å². The van der Waals surface area contributed by atoms with Gasteiger partial charge in [-0.3, -0.25) is 4.79 Å². The van der Waals surface area contributed by atoms with Crippen molar-refractivity contribution in [3.63, 3.8) is 0 Å². The summed E-state index contributed by atoms with van der Waals surface area (Å²) in [4.78, 5) is 13.0. The van der Waals surface area contributed by atoms with Crippen LogP contribution in [0.4, 0.5) is 0 Å². The molecule has 0 saturated carbocycles. The van der Waals surface area contributed by atoms with Crippen molar-refractivity contribution in [2.24, 2.45) is 5.10 Å². The third-order valence-electron chi connectivity index (χ3n) is 6.12. The fourth-order valence-electron chi connectivity index (χ4n) is 4.16. The number of carbonyl (C=O) groups excluding carboxylic acids is 1. The zero-order chi connectivity index (χ0) is 24.9. The molecule has 1 N–H and O–H groups in total. The molecule has 36 heavy (non-hydrogen) atoms. The normalized spacial score (nSPS) is 11.2. The van der Waals surface area contributed by atoms with E-state index < -0.39 is 0 Å². The number of methoxy groups -OCH3 is 1. The summed E-state index contributed by atoms with van der Waals surface area (Å²) in [6, 6.07) is 31.7. The van der Waals surface area contributed by atoms with Crippen molar-refractivity contribution in [2.45, 2.75) is 13.5 Å². The van der Waals surface area contributed by atoms with Crippen LogP contribution in [0.1, 0.15) is 27.0 Å². The van der Waals surface area contributed by atoms with Gasteiger partial charge in [-0.1, -0.05) is 84.4 Å². The molecule has 5 rings (SSSR count). The summed E-state index contributed by atoms with van der Waals surface area (Å²) < 4.78 is 11.6. The van der Waals surface area contributed by atoms with Crippen LogP contribution in [0.3, 0.4) is 0 Å². The highest BCUT2D eigenvalue weighted by molar-refractivity contribution is 6.04. The molecule has 0 aliphatic rings. The minimum absolute atomic E-state index is 0.351. The average Bonchev–Trinajstić information content (AvgIpc) is 2.92. The SMILES string of the molecule is COc1cc2ccccc2cc1C(=O)N/N=C\c1c(OCc2ccc(C)cc2)ccc2ccccc12. The maximum atomic E-state index is 13.0. The van der Waals surface area contributed by atoms with Gasteiger partial charge in [0.05, 0.1) is 18.9 Å². The molecule has 0 aliphatic heterocycles. The Morgan fingerprint density at radius 2 is 1.53 bits per heavy atom. The van der Waals surface area contributed by atoms with Gasteiger partial charge in [-0.2, -0.15) is 5.10 Å². The van der Waals surface area contributed by atoms with Gasteiger partial charge in [0.25, 0.3) is 5.91 Å². The Bertz CT molecular complexity index is 1570. The molecule has 178 valence electrons. The Morgan fingerprint density at radius 3 is 2.28 bits per heavy atom. The van der Waals surface area contributed by atoms with Crippen molar-refractivity contribution < 1.29 is 14.3 Å². The van der Waals surface area contributed by atoms with Crippen LogP contribution >= 0.6 is 0 Å². The lowest BCUT2D eigenvalue weighted by atomic mass is 10.0. The molecule has 0 aromatic heterocycles. The predicted molar refractivity (Wildman–Crippen MR) is 145 cm³/mol. The first-order valence-corrected chi connectivity index (χ1v) is 11.7. The zero-order valence-electron chi connectivity index (χ0n) is 20.2. The molecule has 5 aromatic carbocycles. The topological polar surface area (TPSA) is 59.9 Å². The van der Waals surface area contributed by atoms with E-state index in [2.05, 4.69) is 41.7 Å². The molecular weight excluding hydrogens is 448 g/mol. The van der Waals surface area contributed by atoms with Crippen molar-refractivity contribution in [3.8, 4) is 11.5 Å². The number of aryl methyl sites for hydroxylation is 1. The monoisotopic (exact) mass is 474 g/mol. The van der Waals surface area contributed by atoms with Crippen LogP contribution in [-0.4, -0.2) is 19.2 Å². The van der Waals surface area contributed by atoms with Crippen LogP contribution in [0, 0.1) is 6.92 Å². The highest BCUT2D eigenvalue weighted by Crippen LogP contribution is 2.28. The molecule has 0 unspecified atom stereocenters. The van der Waals surface area contributed by atoms with Crippen LogP contribution in [-0.2, 0) is 6.61 Å². The summed E-state index contributed by atoms with van der Waals surface area (Å²) in [6.45, 7) is 2.49. The van der Waals surface area contributed by atoms with Crippen LogP contribution in [0.15, 0.2) is 102 Å². The number of benzene rings is 5. The number of rotatable bonds is 7. The van der Waals surface area contributed by atoms with Gasteiger partial charge in [0.15, 0.2) is 0 Å². The lowest BCUT2D eigenvalue weighted by molar-refractivity contribution is 0.0952. The third-order valence-corrected chi connectivity index (χ3v) is 6.12. The molecule has 0 aliphatic carbocycles. The van der Waals surface area contributed by atoms with E-state index in [0.717, 1.165) is 32.7 Å². The molecular formula is C31H26N2O3. The lowest BCUT2D eigenvalue weighted by Crippen LogP contribution is -2.18. The summed E-state index contributed by atoms with van der Waals surface area (Å²) in [5.74, 6) is 0.834. The molecule has 5 aromatic rings. The number of hydrogen-bond acceptors (Lipinski definition) is 4. The van der Waals surface area contributed by atoms with Crippen molar-refractivity contribution in [3.05, 3.63) is 119 Å². The Kier molecular flexibility index (Phi) is 6.63. The van der Waals surface area contributed by atoms with Crippen molar-refractivity contribution in [1.82, 2.24) is 5.43 Å². The predicted octanol–water partition coefficient (Wildman–Crippen LogP) is 6.65. The highest BCUT2D eigenvalue weighted by atomic mass is 16.5. The van der Waals surface area contributed by atoms with Crippen molar-refractivity contribution in [2.75, 3.05) is 7.11 Å². The molecule has 1 amide bonds. The number of fused-ring (bicyclic) bond motifs is 2. The van der Waals surface area contributed by atoms with E-state index in [9.17, 15) is 4.79 Å². The molecule has 0 spiro atoms. The number of nitrogens with one attached hydrogen (secondary N) is 1. The number of carbonyl (C=O) groups is 1. The van der Waals surface area contributed by atoms with Crippen LogP contribution < -0.4 is 14.9 Å². The Balaban J connectivity index is 1.42. The fourth-order valence-corrected chi connectivity index (χ4v) is 4.16. The van der Waals surface area contributed by atoms with Gasteiger partial charge < -0.3 is 9.47 Å². The second-order valence-corrected chi connectivity index (χ2v) is 8.57. The summed E-state index contributed by atoms with van der Waals surface area (Å²) in [6.07, 6.45) is 1.64.